The molecule has 0 amide bonds. The molecule has 0 unspecified atom stereocenters. The highest BCUT2D eigenvalue weighted by atomic mass is 19.1. The highest BCUT2D eigenvalue weighted by Crippen LogP contribution is 2.15. The van der Waals surface area contributed by atoms with Crippen LogP contribution in [0.25, 0.3) is 5.53 Å². The number of benzene rings is 1. The SMILES string of the molecule is CCOC(=O)C(=[N+]=[N-])[C@@H](O)c1ccc(F)cc1. The Hall–Kier alpha value is -2.04. The third-order valence-corrected chi connectivity index (χ3v) is 2.04. The van der Waals surface area contributed by atoms with Crippen molar-refractivity contribution in [2.24, 2.45) is 0 Å². The van der Waals surface area contributed by atoms with E-state index in [1.54, 1.807) is 6.92 Å². The number of esters is 1. The minimum absolute atomic E-state index is 0.0913. The van der Waals surface area contributed by atoms with Crippen molar-refractivity contribution in [3.05, 3.63) is 41.2 Å². The highest BCUT2D eigenvalue weighted by molar-refractivity contribution is 6.35. The molecule has 0 radical (unpaired) electrons. The second-order valence-corrected chi connectivity index (χ2v) is 3.16. The Morgan fingerprint density at radius 3 is 2.59 bits per heavy atom. The smallest absolute Gasteiger partial charge is 0.420 e. The molecule has 1 aromatic carbocycles. The zero-order valence-electron chi connectivity index (χ0n) is 9.13. The standard InChI is InChI=1S/C11H11FN2O3/c1-2-17-11(16)9(14-13)10(15)7-3-5-8(12)6-4-7/h3-6,10,15H,2H2,1H3/t10-/m0/s1. The van der Waals surface area contributed by atoms with Crippen LogP contribution in [0.15, 0.2) is 24.3 Å². The largest absolute Gasteiger partial charge is 0.457 e. The molecule has 0 spiro atoms. The van der Waals surface area contributed by atoms with Crippen LogP contribution in [-0.4, -0.2) is 28.2 Å². The van der Waals surface area contributed by atoms with Gasteiger partial charge in [0.1, 0.15) is 5.82 Å². The molecule has 17 heavy (non-hydrogen) atoms. The lowest BCUT2D eigenvalue weighted by atomic mass is 10.1. The molecule has 5 nitrogen and oxygen atoms in total. The zero-order chi connectivity index (χ0) is 12.8. The van der Waals surface area contributed by atoms with E-state index in [4.69, 9.17) is 5.53 Å². The first-order valence-electron chi connectivity index (χ1n) is 4.92. The average molecular weight is 238 g/mol. The average Bonchev–Trinajstić information content (AvgIpc) is 2.31. The van der Waals surface area contributed by atoms with Gasteiger partial charge < -0.3 is 15.4 Å². The Morgan fingerprint density at radius 1 is 1.53 bits per heavy atom. The third kappa shape index (κ3) is 3.21. The number of aliphatic hydroxyl groups is 1. The zero-order valence-corrected chi connectivity index (χ0v) is 9.13. The van der Waals surface area contributed by atoms with Crippen LogP contribution in [-0.2, 0) is 9.53 Å². The summed E-state index contributed by atoms with van der Waals surface area (Å²) in [6.07, 6.45) is -1.46. The lowest BCUT2D eigenvalue weighted by molar-refractivity contribution is -0.141. The van der Waals surface area contributed by atoms with Crippen LogP contribution in [0.3, 0.4) is 0 Å². The number of hydrogen-bond acceptors (Lipinski definition) is 3. The van der Waals surface area contributed by atoms with Crippen LogP contribution in [0, 0.1) is 5.82 Å². The van der Waals surface area contributed by atoms with Crippen LogP contribution < -0.4 is 0 Å². The fraction of sp³-hybridized carbons (Fsp3) is 0.273. The molecular formula is C11H11FN2O3. The fourth-order valence-electron chi connectivity index (χ4n) is 1.22. The van der Waals surface area contributed by atoms with Crippen molar-refractivity contribution in [3.63, 3.8) is 0 Å². The minimum Gasteiger partial charge on any atom is -0.457 e. The van der Waals surface area contributed by atoms with E-state index in [9.17, 15) is 14.3 Å². The first kappa shape index (κ1) is 13.0. The molecule has 0 saturated heterocycles. The quantitative estimate of drug-likeness (QED) is 0.369. The summed E-state index contributed by atoms with van der Waals surface area (Å²) in [5.41, 5.74) is 8.35. The van der Waals surface area contributed by atoms with Crippen LogP contribution in [0.4, 0.5) is 4.39 Å². The predicted octanol–water partition coefficient (Wildman–Crippen LogP) is 1.09. The van der Waals surface area contributed by atoms with E-state index in [1.807, 2.05) is 0 Å². The number of halogens is 1. The molecule has 0 aliphatic heterocycles. The van der Waals surface area contributed by atoms with Gasteiger partial charge in [-0.05, 0) is 24.6 Å². The summed E-state index contributed by atoms with van der Waals surface area (Å²) in [5, 5.41) is 9.75. The van der Waals surface area contributed by atoms with Gasteiger partial charge in [-0.15, -0.1) is 0 Å². The molecular weight excluding hydrogens is 227 g/mol. The second kappa shape index (κ2) is 5.89. The van der Waals surface area contributed by atoms with Crippen molar-refractivity contribution in [1.29, 1.82) is 0 Å². The summed E-state index contributed by atoms with van der Waals surface area (Å²) in [7, 11) is 0. The molecule has 6 heteroatoms. The highest BCUT2D eigenvalue weighted by Gasteiger charge is 2.32. The van der Waals surface area contributed by atoms with Gasteiger partial charge in [0, 0.05) is 0 Å². The molecule has 0 heterocycles. The molecule has 0 bridgehead atoms. The van der Waals surface area contributed by atoms with Crippen LogP contribution >= 0.6 is 0 Å². The topological polar surface area (TPSA) is 82.9 Å². The Morgan fingerprint density at radius 2 is 2.12 bits per heavy atom. The maximum atomic E-state index is 12.7. The van der Waals surface area contributed by atoms with Gasteiger partial charge in [0.15, 0.2) is 6.10 Å². The molecule has 1 aromatic rings. The lowest BCUT2D eigenvalue weighted by Gasteiger charge is -2.05. The first-order chi connectivity index (χ1) is 8.10. The summed E-state index contributed by atoms with van der Waals surface area (Å²) in [4.78, 5) is 14.0. The van der Waals surface area contributed by atoms with Crippen LogP contribution in [0.1, 0.15) is 18.6 Å². The Kier molecular flexibility index (Phi) is 4.51. The molecule has 0 aliphatic carbocycles. The van der Waals surface area contributed by atoms with Crippen LogP contribution in [0.5, 0.6) is 0 Å². The first-order valence-corrected chi connectivity index (χ1v) is 4.92. The fourth-order valence-corrected chi connectivity index (χ4v) is 1.22. The van der Waals surface area contributed by atoms with Crippen molar-refractivity contribution in [2.45, 2.75) is 13.0 Å². The Labute approximate surface area is 97.1 Å². The predicted molar refractivity (Wildman–Crippen MR) is 56.6 cm³/mol. The van der Waals surface area contributed by atoms with Crippen molar-refractivity contribution in [2.75, 3.05) is 6.61 Å². The number of hydrogen-bond donors (Lipinski definition) is 1. The number of ether oxygens (including phenoxy) is 1. The number of nitrogens with zero attached hydrogens (tertiary/aromatic N) is 2. The van der Waals surface area contributed by atoms with Gasteiger partial charge in [-0.25, -0.2) is 9.18 Å². The second-order valence-electron chi connectivity index (χ2n) is 3.16. The van der Waals surface area contributed by atoms with Gasteiger partial charge in [0.25, 0.3) is 0 Å². The molecule has 1 N–H and O–H groups in total. The molecule has 1 atom stereocenters. The van der Waals surface area contributed by atoms with Crippen molar-refractivity contribution in [3.8, 4) is 0 Å². The molecule has 0 fully saturated rings. The number of carbonyl (C=O) groups excluding carboxylic acids is 1. The van der Waals surface area contributed by atoms with Gasteiger partial charge in [-0.2, -0.15) is 4.79 Å². The lowest BCUT2D eigenvalue weighted by Crippen LogP contribution is -2.25. The van der Waals surface area contributed by atoms with Gasteiger partial charge in [-0.3, -0.25) is 0 Å². The maximum absolute atomic E-state index is 12.7. The third-order valence-electron chi connectivity index (χ3n) is 2.04. The maximum Gasteiger partial charge on any atom is 0.420 e. The van der Waals surface area contributed by atoms with E-state index in [-0.39, 0.29) is 12.2 Å². The van der Waals surface area contributed by atoms with E-state index in [1.165, 1.54) is 12.1 Å². The summed E-state index contributed by atoms with van der Waals surface area (Å²) >= 11 is 0. The van der Waals surface area contributed by atoms with E-state index < -0.39 is 23.6 Å². The number of aliphatic hydroxyl groups excluding tert-OH is 1. The van der Waals surface area contributed by atoms with Crippen molar-refractivity contribution < 1.29 is 23.8 Å². The summed E-state index contributed by atoms with van der Waals surface area (Å²) in [5.74, 6) is -1.40. The Bertz CT molecular complexity index is 452. The van der Waals surface area contributed by atoms with Gasteiger partial charge in [-0.1, -0.05) is 12.1 Å². The van der Waals surface area contributed by atoms with Crippen LogP contribution in [0.2, 0.25) is 0 Å². The molecule has 0 aliphatic rings. The molecule has 0 saturated carbocycles. The minimum atomic E-state index is -1.46. The van der Waals surface area contributed by atoms with Gasteiger partial charge in [0.05, 0.1) is 6.61 Å². The van der Waals surface area contributed by atoms with Gasteiger partial charge in [0.2, 0.25) is 0 Å². The normalized spacial score (nSPS) is 11.5. The van der Waals surface area contributed by atoms with E-state index in [2.05, 4.69) is 9.53 Å². The molecule has 1 rings (SSSR count). The van der Waals surface area contributed by atoms with Gasteiger partial charge >= 0.3 is 11.7 Å². The summed E-state index contributed by atoms with van der Waals surface area (Å²) in [6, 6.07) is 4.81. The number of rotatable bonds is 4. The number of carbonyl (C=O) groups is 1. The van der Waals surface area contributed by atoms with E-state index in [0.29, 0.717) is 0 Å². The van der Waals surface area contributed by atoms with E-state index in [0.717, 1.165) is 12.1 Å². The molecule has 90 valence electrons. The van der Waals surface area contributed by atoms with Crippen molar-refractivity contribution >= 4 is 11.7 Å². The summed E-state index contributed by atoms with van der Waals surface area (Å²) < 4.78 is 17.3. The summed E-state index contributed by atoms with van der Waals surface area (Å²) in [6.45, 7) is 1.67. The molecule has 0 aromatic heterocycles. The van der Waals surface area contributed by atoms with E-state index >= 15 is 0 Å². The monoisotopic (exact) mass is 238 g/mol. The van der Waals surface area contributed by atoms with Crippen molar-refractivity contribution in [1.82, 2.24) is 0 Å². The Balaban J connectivity index is 2.94.